The highest BCUT2D eigenvalue weighted by atomic mass is 16.5. The summed E-state index contributed by atoms with van der Waals surface area (Å²) >= 11 is 0. The molecule has 1 saturated heterocycles. The maximum atomic E-state index is 5.94. The Balaban J connectivity index is 1.53. The first-order chi connectivity index (χ1) is 11.6. The number of aromatic nitrogens is 2. The molecule has 1 aromatic heterocycles. The van der Waals surface area contributed by atoms with Gasteiger partial charge in [0.1, 0.15) is 11.6 Å². The van der Waals surface area contributed by atoms with Crippen LogP contribution in [0.3, 0.4) is 0 Å². The monoisotopic (exact) mass is 328 g/mol. The van der Waals surface area contributed by atoms with Crippen LogP contribution < -0.4 is 4.74 Å². The second-order valence-electron chi connectivity index (χ2n) is 6.78. The Bertz CT molecular complexity index is 644. The summed E-state index contributed by atoms with van der Waals surface area (Å²) in [5.41, 5.74) is 1.28. The molecule has 0 saturated carbocycles. The van der Waals surface area contributed by atoms with Gasteiger partial charge in [0.15, 0.2) is 0 Å². The molecule has 0 radical (unpaired) electrons. The topological polar surface area (TPSA) is 33.5 Å². The molecular weight excluding hydrogens is 300 g/mol. The van der Waals surface area contributed by atoms with Crippen LogP contribution in [-0.2, 0) is 20.1 Å². The Morgan fingerprint density at radius 1 is 1.04 bits per heavy atom. The number of imidazole rings is 1. The van der Waals surface area contributed by atoms with E-state index in [2.05, 4.69) is 58.4 Å². The second kappa shape index (κ2) is 7.81. The molecule has 2 heterocycles. The molecular formula is C19H28N4O. The molecule has 0 amide bonds. The average molecular weight is 328 g/mol. The quantitative estimate of drug-likeness (QED) is 0.816. The van der Waals surface area contributed by atoms with Gasteiger partial charge in [0.2, 0.25) is 0 Å². The number of aryl methyl sites for hydroxylation is 1. The highest BCUT2D eigenvalue weighted by molar-refractivity contribution is 5.33. The molecule has 130 valence electrons. The minimum absolute atomic E-state index is 0.209. The average Bonchev–Trinajstić information content (AvgIpc) is 2.96. The van der Waals surface area contributed by atoms with Crippen LogP contribution in [0, 0.1) is 0 Å². The van der Waals surface area contributed by atoms with Crippen molar-refractivity contribution in [3.05, 3.63) is 48.0 Å². The van der Waals surface area contributed by atoms with E-state index in [1.807, 2.05) is 18.5 Å². The van der Waals surface area contributed by atoms with Crippen molar-refractivity contribution in [2.75, 3.05) is 26.2 Å². The van der Waals surface area contributed by atoms with E-state index in [4.69, 9.17) is 4.74 Å². The Hall–Kier alpha value is -1.85. The van der Waals surface area contributed by atoms with E-state index < -0.39 is 0 Å². The zero-order chi connectivity index (χ0) is 16.9. The van der Waals surface area contributed by atoms with Crippen LogP contribution in [0.1, 0.15) is 25.2 Å². The number of piperazine rings is 1. The first kappa shape index (κ1) is 17.0. The van der Waals surface area contributed by atoms with Crippen LogP contribution in [0.5, 0.6) is 5.75 Å². The molecule has 3 rings (SSSR count). The molecule has 0 bridgehead atoms. The number of hydrogen-bond acceptors (Lipinski definition) is 4. The summed E-state index contributed by atoms with van der Waals surface area (Å²) in [6, 6.07) is 8.40. The smallest absolute Gasteiger partial charge is 0.124 e. The van der Waals surface area contributed by atoms with E-state index in [1.165, 1.54) is 5.56 Å². The van der Waals surface area contributed by atoms with E-state index in [0.717, 1.165) is 50.8 Å². The molecule has 1 fully saturated rings. The van der Waals surface area contributed by atoms with Gasteiger partial charge in [-0.1, -0.05) is 18.2 Å². The highest BCUT2D eigenvalue weighted by Gasteiger charge is 2.19. The lowest BCUT2D eigenvalue weighted by atomic mass is 10.1. The Morgan fingerprint density at radius 2 is 1.71 bits per heavy atom. The summed E-state index contributed by atoms with van der Waals surface area (Å²) in [5, 5.41) is 0. The lowest BCUT2D eigenvalue weighted by Gasteiger charge is -2.34. The molecule has 1 aliphatic rings. The molecule has 1 aromatic carbocycles. The first-order valence-electron chi connectivity index (χ1n) is 8.77. The number of rotatable bonds is 6. The van der Waals surface area contributed by atoms with E-state index >= 15 is 0 Å². The van der Waals surface area contributed by atoms with Crippen molar-refractivity contribution in [3.8, 4) is 5.75 Å². The molecule has 1 aliphatic heterocycles. The normalized spacial score (nSPS) is 16.7. The Labute approximate surface area is 144 Å². The third kappa shape index (κ3) is 4.36. The zero-order valence-corrected chi connectivity index (χ0v) is 15.0. The van der Waals surface area contributed by atoms with E-state index in [1.54, 1.807) is 0 Å². The van der Waals surface area contributed by atoms with E-state index in [0.29, 0.717) is 0 Å². The Kier molecular flexibility index (Phi) is 5.53. The van der Waals surface area contributed by atoms with Gasteiger partial charge in [-0.15, -0.1) is 0 Å². The number of ether oxygens (including phenoxy) is 1. The fourth-order valence-corrected chi connectivity index (χ4v) is 3.10. The summed E-state index contributed by atoms with van der Waals surface area (Å²) < 4.78 is 8.05. The molecule has 0 unspecified atom stereocenters. The van der Waals surface area contributed by atoms with Crippen LogP contribution >= 0.6 is 0 Å². The van der Waals surface area contributed by atoms with Crippen molar-refractivity contribution in [1.29, 1.82) is 0 Å². The molecule has 0 atom stereocenters. The van der Waals surface area contributed by atoms with Crippen molar-refractivity contribution in [2.24, 2.45) is 7.05 Å². The molecule has 0 N–H and O–H groups in total. The van der Waals surface area contributed by atoms with Gasteiger partial charge in [-0.2, -0.15) is 0 Å². The van der Waals surface area contributed by atoms with Crippen molar-refractivity contribution < 1.29 is 4.74 Å². The molecule has 0 spiro atoms. The molecule has 0 aliphatic carbocycles. The molecule has 5 heteroatoms. The van der Waals surface area contributed by atoms with Gasteiger partial charge in [-0.3, -0.25) is 9.80 Å². The maximum Gasteiger partial charge on any atom is 0.124 e. The summed E-state index contributed by atoms with van der Waals surface area (Å²) in [5.74, 6) is 2.15. The number of benzene rings is 1. The van der Waals surface area contributed by atoms with Crippen LogP contribution in [0.4, 0.5) is 0 Å². The van der Waals surface area contributed by atoms with Crippen molar-refractivity contribution >= 4 is 0 Å². The number of nitrogens with zero attached hydrogens (tertiary/aromatic N) is 4. The molecule has 5 nitrogen and oxygen atoms in total. The summed E-state index contributed by atoms with van der Waals surface area (Å²) in [4.78, 5) is 9.42. The fraction of sp³-hybridized carbons (Fsp3) is 0.526. The van der Waals surface area contributed by atoms with E-state index in [-0.39, 0.29) is 6.10 Å². The van der Waals surface area contributed by atoms with Crippen molar-refractivity contribution in [2.45, 2.75) is 33.0 Å². The summed E-state index contributed by atoms with van der Waals surface area (Å²) in [7, 11) is 2.06. The summed E-state index contributed by atoms with van der Waals surface area (Å²) in [6.45, 7) is 10.4. The van der Waals surface area contributed by atoms with Crippen LogP contribution in [0.15, 0.2) is 36.7 Å². The number of para-hydroxylation sites is 1. The minimum Gasteiger partial charge on any atom is -0.491 e. The van der Waals surface area contributed by atoms with Gasteiger partial charge in [-0.05, 0) is 19.9 Å². The van der Waals surface area contributed by atoms with Gasteiger partial charge in [0, 0.05) is 57.7 Å². The van der Waals surface area contributed by atoms with Crippen LogP contribution in [0.2, 0.25) is 0 Å². The largest absolute Gasteiger partial charge is 0.491 e. The van der Waals surface area contributed by atoms with Gasteiger partial charge in [-0.25, -0.2) is 4.98 Å². The van der Waals surface area contributed by atoms with Crippen molar-refractivity contribution in [3.63, 3.8) is 0 Å². The predicted octanol–water partition coefficient (Wildman–Crippen LogP) is 2.53. The predicted molar refractivity (Wildman–Crippen MR) is 96.0 cm³/mol. The van der Waals surface area contributed by atoms with Crippen LogP contribution in [-0.4, -0.2) is 51.6 Å². The maximum absolute atomic E-state index is 5.94. The standard InChI is InChI=1S/C19H28N4O/c1-16(2)24-18-7-5-4-6-17(18)14-22-10-12-23(13-11-22)15-19-20-8-9-21(19)3/h4-9,16H,10-15H2,1-3H3. The second-order valence-corrected chi connectivity index (χ2v) is 6.78. The molecule has 24 heavy (non-hydrogen) atoms. The Morgan fingerprint density at radius 3 is 2.33 bits per heavy atom. The molecule has 2 aromatic rings. The van der Waals surface area contributed by atoms with Gasteiger partial charge in [0.05, 0.1) is 12.6 Å². The fourth-order valence-electron chi connectivity index (χ4n) is 3.10. The zero-order valence-electron chi connectivity index (χ0n) is 15.0. The van der Waals surface area contributed by atoms with E-state index in [9.17, 15) is 0 Å². The van der Waals surface area contributed by atoms with Gasteiger partial charge in [0.25, 0.3) is 0 Å². The third-order valence-electron chi connectivity index (χ3n) is 4.48. The summed E-state index contributed by atoms with van der Waals surface area (Å²) in [6.07, 6.45) is 4.09. The lowest BCUT2D eigenvalue weighted by Crippen LogP contribution is -2.45. The van der Waals surface area contributed by atoms with Gasteiger partial charge < -0.3 is 9.30 Å². The highest BCUT2D eigenvalue weighted by Crippen LogP contribution is 2.22. The van der Waals surface area contributed by atoms with Crippen molar-refractivity contribution in [1.82, 2.24) is 19.4 Å². The lowest BCUT2D eigenvalue weighted by molar-refractivity contribution is 0.117. The first-order valence-corrected chi connectivity index (χ1v) is 8.77. The SMILES string of the molecule is CC(C)Oc1ccccc1CN1CCN(Cc2nccn2C)CC1. The van der Waals surface area contributed by atoms with Crippen LogP contribution in [0.25, 0.3) is 0 Å². The minimum atomic E-state index is 0.209. The third-order valence-corrected chi connectivity index (χ3v) is 4.48. The van der Waals surface area contributed by atoms with Gasteiger partial charge >= 0.3 is 0 Å². The number of hydrogen-bond donors (Lipinski definition) is 0.